The van der Waals surface area contributed by atoms with Crippen LogP contribution in [-0.2, 0) is 17.8 Å². The number of hydrogen-bond acceptors (Lipinski definition) is 3. The van der Waals surface area contributed by atoms with E-state index in [4.69, 9.17) is 5.73 Å². The van der Waals surface area contributed by atoms with E-state index < -0.39 is 0 Å². The third kappa shape index (κ3) is 2.24. The number of amides is 1. The van der Waals surface area contributed by atoms with Crippen LogP contribution in [0, 0.1) is 0 Å². The van der Waals surface area contributed by atoms with Gasteiger partial charge >= 0.3 is 0 Å². The fraction of sp³-hybridized carbons (Fsp3) is 0.636. The Bertz CT molecular complexity index is 385. The molecule has 0 bridgehead atoms. The molecule has 5 heteroatoms. The van der Waals surface area contributed by atoms with Crippen molar-refractivity contribution >= 4 is 5.91 Å². The summed E-state index contributed by atoms with van der Waals surface area (Å²) >= 11 is 0. The molecule has 5 nitrogen and oxygen atoms in total. The summed E-state index contributed by atoms with van der Waals surface area (Å²) < 4.78 is 1.70. The van der Waals surface area contributed by atoms with Crippen LogP contribution >= 0.6 is 0 Å². The van der Waals surface area contributed by atoms with E-state index in [0.717, 1.165) is 25.0 Å². The molecule has 1 aromatic heterocycles. The van der Waals surface area contributed by atoms with Crippen molar-refractivity contribution in [2.45, 2.75) is 38.8 Å². The number of carbonyl (C=O) groups is 1. The molecule has 0 fully saturated rings. The van der Waals surface area contributed by atoms with Crippen molar-refractivity contribution in [3.8, 4) is 0 Å². The van der Waals surface area contributed by atoms with Gasteiger partial charge in [-0.1, -0.05) is 0 Å². The molecule has 16 heavy (non-hydrogen) atoms. The summed E-state index contributed by atoms with van der Waals surface area (Å²) in [6.07, 6.45) is 5.08. The number of rotatable bonds is 3. The van der Waals surface area contributed by atoms with Gasteiger partial charge in [0.25, 0.3) is 0 Å². The van der Waals surface area contributed by atoms with Crippen LogP contribution in [0.25, 0.3) is 0 Å². The number of aromatic nitrogens is 2. The van der Waals surface area contributed by atoms with Crippen molar-refractivity contribution in [3.05, 3.63) is 17.5 Å². The number of nitrogens with two attached hydrogens (primary N) is 1. The minimum absolute atomic E-state index is 0.00378. The van der Waals surface area contributed by atoms with Crippen molar-refractivity contribution < 1.29 is 4.79 Å². The van der Waals surface area contributed by atoms with Crippen LogP contribution in [0.15, 0.2) is 6.20 Å². The van der Waals surface area contributed by atoms with Gasteiger partial charge in [-0.2, -0.15) is 5.10 Å². The molecule has 1 aliphatic rings. The third-order valence-corrected chi connectivity index (χ3v) is 2.86. The maximum Gasteiger partial charge on any atom is 0.241 e. The highest BCUT2D eigenvalue weighted by molar-refractivity contribution is 5.75. The van der Waals surface area contributed by atoms with E-state index in [1.807, 2.05) is 13.1 Å². The normalized spacial score (nSPS) is 19.2. The van der Waals surface area contributed by atoms with Crippen LogP contribution in [0.2, 0.25) is 0 Å². The maximum atomic E-state index is 11.4. The molecule has 0 saturated heterocycles. The van der Waals surface area contributed by atoms with Gasteiger partial charge in [0.1, 0.15) is 6.54 Å². The lowest BCUT2D eigenvalue weighted by Gasteiger charge is -2.15. The molecular formula is C11H18N4O. The van der Waals surface area contributed by atoms with E-state index >= 15 is 0 Å². The van der Waals surface area contributed by atoms with E-state index in [-0.39, 0.29) is 18.5 Å². The summed E-state index contributed by atoms with van der Waals surface area (Å²) in [5.74, 6) is -0.00378. The Labute approximate surface area is 95.0 Å². The molecule has 2 rings (SSSR count). The van der Waals surface area contributed by atoms with E-state index in [1.54, 1.807) is 4.68 Å². The number of aryl methyl sites for hydroxylation is 1. The summed E-state index contributed by atoms with van der Waals surface area (Å²) in [4.78, 5) is 11.4. The molecule has 1 aromatic rings. The highest BCUT2D eigenvalue weighted by Gasteiger charge is 2.20. The Hall–Kier alpha value is -1.36. The first-order valence-electron chi connectivity index (χ1n) is 5.79. The monoisotopic (exact) mass is 222 g/mol. The topological polar surface area (TPSA) is 72.9 Å². The Balaban J connectivity index is 2.09. The number of fused-ring (bicyclic) bond motifs is 1. The van der Waals surface area contributed by atoms with Gasteiger partial charge < -0.3 is 11.1 Å². The summed E-state index contributed by atoms with van der Waals surface area (Å²) in [6, 6.07) is 0.0410. The molecule has 1 heterocycles. The second-order valence-corrected chi connectivity index (χ2v) is 4.19. The first-order valence-corrected chi connectivity index (χ1v) is 5.79. The van der Waals surface area contributed by atoms with Crippen LogP contribution in [0.4, 0.5) is 0 Å². The number of hydrogen-bond donors (Lipinski definition) is 2. The van der Waals surface area contributed by atoms with E-state index in [1.165, 1.54) is 5.56 Å². The first-order chi connectivity index (χ1) is 7.70. The summed E-state index contributed by atoms with van der Waals surface area (Å²) in [5, 5.41) is 7.14. The van der Waals surface area contributed by atoms with Gasteiger partial charge in [0.05, 0.1) is 5.69 Å². The second kappa shape index (κ2) is 4.65. The average molecular weight is 222 g/mol. The number of carbonyl (C=O) groups excluding carboxylic acids is 1. The predicted octanol–water partition coefficient (Wildman–Crippen LogP) is 0.355. The molecule has 1 unspecified atom stereocenters. The average Bonchev–Trinajstić information content (AvgIpc) is 2.62. The predicted molar refractivity (Wildman–Crippen MR) is 60.8 cm³/mol. The molecule has 88 valence electrons. The SMILES string of the molecule is CCNC(=O)Cn1cc2c(n1)C(N)CCC2. The first kappa shape index (κ1) is 11.1. The van der Waals surface area contributed by atoms with Crippen LogP contribution in [0.5, 0.6) is 0 Å². The quantitative estimate of drug-likeness (QED) is 0.775. The van der Waals surface area contributed by atoms with Crippen LogP contribution < -0.4 is 11.1 Å². The van der Waals surface area contributed by atoms with Crippen LogP contribution in [0.1, 0.15) is 37.1 Å². The highest BCUT2D eigenvalue weighted by Crippen LogP contribution is 2.26. The van der Waals surface area contributed by atoms with Gasteiger partial charge in [0.2, 0.25) is 5.91 Å². The maximum absolute atomic E-state index is 11.4. The lowest BCUT2D eigenvalue weighted by atomic mass is 9.95. The van der Waals surface area contributed by atoms with E-state index in [9.17, 15) is 4.79 Å². The number of likely N-dealkylation sites (N-methyl/N-ethyl adjacent to an activating group) is 1. The molecule has 0 spiro atoms. The minimum atomic E-state index is -0.00378. The lowest BCUT2D eigenvalue weighted by Crippen LogP contribution is -2.27. The van der Waals surface area contributed by atoms with E-state index in [0.29, 0.717) is 6.54 Å². The van der Waals surface area contributed by atoms with Gasteiger partial charge in [0.15, 0.2) is 0 Å². The molecule has 0 aliphatic heterocycles. The van der Waals surface area contributed by atoms with Crippen LogP contribution in [0.3, 0.4) is 0 Å². The number of nitrogens with zero attached hydrogens (tertiary/aromatic N) is 2. The van der Waals surface area contributed by atoms with Crippen molar-refractivity contribution in [2.75, 3.05) is 6.54 Å². The van der Waals surface area contributed by atoms with Crippen molar-refractivity contribution in [2.24, 2.45) is 5.73 Å². The highest BCUT2D eigenvalue weighted by atomic mass is 16.2. The summed E-state index contributed by atoms with van der Waals surface area (Å²) in [6.45, 7) is 2.84. The molecule has 1 aliphatic carbocycles. The fourth-order valence-electron chi connectivity index (χ4n) is 2.11. The van der Waals surface area contributed by atoms with Crippen molar-refractivity contribution in [1.29, 1.82) is 0 Å². The zero-order valence-electron chi connectivity index (χ0n) is 9.57. The molecule has 1 amide bonds. The zero-order valence-corrected chi connectivity index (χ0v) is 9.57. The molecule has 0 aromatic carbocycles. The molecule has 0 saturated carbocycles. The van der Waals surface area contributed by atoms with Crippen LogP contribution in [-0.4, -0.2) is 22.2 Å². The smallest absolute Gasteiger partial charge is 0.241 e. The third-order valence-electron chi connectivity index (χ3n) is 2.86. The Morgan fingerprint density at radius 2 is 2.56 bits per heavy atom. The van der Waals surface area contributed by atoms with Gasteiger partial charge in [-0.05, 0) is 31.7 Å². The Morgan fingerprint density at radius 1 is 1.75 bits per heavy atom. The molecule has 3 N–H and O–H groups in total. The second-order valence-electron chi connectivity index (χ2n) is 4.19. The Morgan fingerprint density at radius 3 is 3.25 bits per heavy atom. The van der Waals surface area contributed by atoms with Gasteiger partial charge in [-0.25, -0.2) is 0 Å². The summed E-state index contributed by atoms with van der Waals surface area (Å²) in [5.41, 5.74) is 8.14. The standard InChI is InChI=1S/C11H18N4O/c1-2-13-10(16)7-15-6-8-4-3-5-9(12)11(8)14-15/h6,9H,2-5,7,12H2,1H3,(H,13,16). The lowest BCUT2D eigenvalue weighted by molar-refractivity contribution is -0.121. The Kier molecular flexibility index (Phi) is 3.24. The molecule has 1 atom stereocenters. The van der Waals surface area contributed by atoms with Crippen molar-refractivity contribution in [1.82, 2.24) is 15.1 Å². The van der Waals surface area contributed by atoms with E-state index in [2.05, 4.69) is 10.4 Å². The largest absolute Gasteiger partial charge is 0.355 e. The van der Waals surface area contributed by atoms with Gasteiger partial charge in [0, 0.05) is 18.8 Å². The van der Waals surface area contributed by atoms with Gasteiger partial charge in [-0.15, -0.1) is 0 Å². The molecule has 0 radical (unpaired) electrons. The molecular weight excluding hydrogens is 204 g/mol. The fourth-order valence-corrected chi connectivity index (χ4v) is 2.11. The minimum Gasteiger partial charge on any atom is -0.355 e. The van der Waals surface area contributed by atoms with Gasteiger partial charge in [-0.3, -0.25) is 9.48 Å². The number of nitrogens with one attached hydrogen (secondary N) is 1. The van der Waals surface area contributed by atoms with Crippen molar-refractivity contribution in [3.63, 3.8) is 0 Å². The zero-order chi connectivity index (χ0) is 11.5. The summed E-state index contributed by atoms with van der Waals surface area (Å²) in [7, 11) is 0.